The molecule has 0 unspecified atom stereocenters. The molecular formula is C28H27Cl2N3O5. The molecule has 1 fully saturated rings. The van der Waals surface area contributed by atoms with Crippen LogP contribution in [0, 0.1) is 5.92 Å². The van der Waals surface area contributed by atoms with Gasteiger partial charge in [-0.2, -0.15) is 0 Å². The zero-order valence-electron chi connectivity index (χ0n) is 21.2. The zero-order chi connectivity index (χ0) is 27.0. The summed E-state index contributed by atoms with van der Waals surface area (Å²) in [7, 11) is 1.37. The van der Waals surface area contributed by atoms with Crippen molar-refractivity contribution in [1.82, 2.24) is 14.6 Å². The van der Waals surface area contributed by atoms with E-state index in [9.17, 15) is 9.59 Å². The molecule has 0 bridgehead atoms. The van der Waals surface area contributed by atoms with Crippen LogP contribution >= 0.6 is 23.2 Å². The van der Waals surface area contributed by atoms with Crippen molar-refractivity contribution in [2.24, 2.45) is 5.92 Å². The van der Waals surface area contributed by atoms with Crippen LogP contribution in [0.4, 0.5) is 4.79 Å². The number of methoxy groups -OCH3 is 1. The highest BCUT2D eigenvalue weighted by Gasteiger charge is 2.32. The summed E-state index contributed by atoms with van der Waals surface area (Å²) in [6.45, 7) is 5.08. The van der Waals surface area contributed by atoms with Crippen LogP contribution in [0.3, 0.4) is 0 Å². The molecule has 2 aromatic carbocycles. The summed E-state index contributed by atoms with van der Waals surface area (Å²) in [5, 5.41) is 6.08. The van der Waals surface area contributed by atoms with Crippen molar-refractivity contribution in [2.45, 2.75) is 32.8 Å². The van der Waals surface area contributed by atoms with Crippen molar-refractivity contribution in [3.05, 3.63) is 70.0 Å². The van der Waals surface area contributed by atoms with Gasteiger partial charge in [-0.15, -0.1) is 0 Å². The minimum atomic E-state index is -0.288. The Bertz CT molecular complexity index is 1490. The molecule has 1 aliphatic rings. The molecule has 0 radical (unpaired) electrons. The lowest BCUT2D eigenvalue weighted by molar-refractivity contribution is -0.144. The van der Waals surface area contributed by atoms with Crippen LogP contribution in [0.2, 0.25) is 10.0 Å². The summed E-state index contributed by atoms with van der Waals surface area (Å²) >= 11 is 12.9. The summed E-state index contributed by atoms with van der Waals surface area (Å²) in [6, 6.07) is 12.5. The fraction of sp³-hybridized carbons (Fsp3) is 0.321. The van der Waals surface area contributed by atoms with Gasteiger partial charge >= 0.3 is 12.0 Å². The third-order valence-electron chi connectivity index (χ3n) is 6.79. The SMILES string of the molecule is COC(=O)[C@@H]1CCN(C(=O)n2ccc3cc(OCc4c(-c5c(Cl)cccc5Cl)noc4C(C)C)ccc32)C1. The molecule has 0 N–H and O–H groups in total. The van der Waals surface area contributed by atoms with Crippen molar-refractivity contribution in [3.63, 3.8) is 0 Å². The number of benzene rings is 2. The smallest absolute Gasteiger partial charge is 0.328 e. The van der Waals surface area contributed by atoms with Gasteiger partial charge in [0.05, 0.1) is 34.2 Å². The number of likely N-dealkylation sites (tertiary alicyclic amines) is 1. The number of amides is 1. The summed E-state index contributed by atoms with van der Waals surface area (Å²) in [5.41, 5.74) is 2.68. The lowest BCUT2D eigenvalue weighted by Gasteiger charge is -2.17. The van der Waals surface area contributed by atoms with Crippen LogP contribution in [-0.2, 0) is 16.1 Å². The first-order valence-electron chi connectivity index (χ1n) is 12.3. The monoisotopic (exact) mass is 555 g/mol. The molecule has 1 atom stereocenters. The second-order valence-corrected chi connectivity index (χ2v) is 10.4. The van der Waals surface area contributed by atoms with E-state index < -0.39 is 0 Å². The molecule has 1 aliphatic heterocycles. The maximum absolute atomic E-state index is 13.1. The third-order valence-corrected chi connectivity index (χ3v) is 7.42. The highest BCUT2D eigenvalue weighted by Crippen LogP contribution is 2.39. The number of aromatic nitrogens is 2. The molecular weight excluding hydrogens is 529 g/mol. The summed E-state index contributed by atoms with van der Waals surface area (Å²) in [6.07, 6.45) is 2.33. The molecule has 3 heterocycles. The zero-order valence-corrected chi connectivity index (χ0v) is 22.8. The van der Waals surface area contributed by atoms with Crippen molar-refractivity contribution >= 4 is 46.1 Å². The lowest BCUT2D eigenvalue weighted by atomic mass is 10.0. The van der Waals surface area contributed by atoms with Gasteiger partial charge in [-0.05, 0) is 42.8 Å². The first-order chi connectivity index (χ1) is 18.3. The van der Waals surface area contributed by atoms with E-state index in [4.69, 9.17) is 37.2 Å². The Morgan fingerprint density at radius 2 is 1.92 bits per heavy atom. The van der Waals surface area contributed by atoms with E-state index >= 15 is 0 Å². The van der Waals surface area contributed by atoms with Crippen LogP contribution in [0.5, 0.6) is 5.75 Å². The topological polar surface area (TPSA) is 86.8 Å². The quantitative estimate of drug-likeness (QED) is 0.244. The van der Waals surface area contributed by atoms with Crippen LogP contribution < -0.4 is 4.74 Å². The largest absolute Gasteiger partial charge is 0.489 e. The van der Waals surface area contributed by atoms with E-state index in [0.29, 0.717) is 52.3 Å². The number of hydrogen-bond acceptors (Lipinski definition) is 6. The second-order valence-electron chi connectivity index (χ2n) is 9.56. The average Bonchev–Trinajstić information content (AvgIpc) is 3.65. The molecule has 4 aromatic rings. The summed E-state index contributed by atoms with van der Waals surface area (Å²) in [5.74, 6) is 0.826. The number of nitrogens with zero attached hydrogens (tertiary/aromatic N) is 3. The fourth-order valence-electron chi connectivity index (χ4n) is 4.81. The number of fused-ring (bicyclic) bond motifs is 1. The number of rotatable bonds is 6. The van der Waals surface area contributed by atoms with Gasteiger partial charge in [0.15, 0.2) is 0 Å². The lowest BCUT2D eigenvalue weighted by Crippen LogP contribution is -2.33. The van der Waals surface area contributed by atoms with E-state index in [1.54, 1.807) is 33.9 Å². The van der Waals surface area contributed by atoms with Crippen molar-refractivity contribution in [1.29, 1.82) is 0 Å². The van der Waals surface area contributed by atoms with Gasteiger partial charge in [-0.3, -0.25) is 9.36 Å². The number of ether oxygens (including phenoxy) is 2. The Kier molecular flexibility index (Phi) is 7.36. The average molecular weight is 556 g/mol. The minimum absolute atomic E-state index is 0.0722. The van der Waals surface area contributed by atoms with Crippen molar-refractivity contribution in [2.75, 3.05) is 20.2 Å². The minimum Gasteiger partial charge on any atom is -0.489 e. The summed E-state index contributed by atoms with van der Waals surface area (Å²) < 4.78 is 18.3. The van der Waals surface area contributed by atoms with Crippen molar-refractivity contribution in [3.8, 4) is 17.0 Å². The maximum Gasteiger partial charge on any atom is 0.328 e. The van der Waals surface area contributed by atoms with Crippen LogP contribution in [0.25, 0.3) is 22.2 Å². The Morgan fingerprint density at radius 3 is 2.63 bits per heavy atom. The fourth-order valence-corrected chi connectivity index (χ4v) is 5.39. The van der Waals surface area contributed by atoms with Gasteiger partial charge in [0.1, 0.15) is 23.8 Å². The van der Waals surface area contributed by atoms with E-state index in [1.165, 1.54) is 7.11 Å². The van der Waals surface area contributed by atoms with Crippen LogP contribution in [0.15, 0.2) is 53.2 Å². The van der Waals surface area contributed by atoms with Crippen LogP contribution in [-0.4, -0.2) is 46.8 Å². The van der Waals surface area contributed by atoms with Gasteiger partial charge < -0.3 is 18.9 Å². The predicted octanol–water partition coefficient (Wildman–Crippen LogP) is 6.77. The summed E-state index contributed by atoms with van der Waals surface area (Å²) in [4.78, 5) is 26.7. The number of hydrogen-bond donors (Lipinski definition) is 0. The Morgan fingerprint density at radius 1 is 1.16 bits per heavy atom. The van der Waals surface area contributed by atoms with E-state index in [1.807, 2.05) is 38.1 Å². The van der Waals surface area contributed by atoms with Gasteiger partial charge in [0.25, 0.3) is 0 Å². The maximum atomic E-state index is 13.1. The number of esters is 1. The molecule has 38 heavy (non-hydrogen) atoms. The second kappa shape index (κ2) is 10.7. The first kappa shape index (κ1) is 26.1. The standard InChI is InChI=1S/C28H27Cl2N3O5/c1-16(2)26-20(25(31-38-26)24-21(29)5-4-6-22(24)30)15-37-19-7-8-23-17(13-19)10-12-33(23)28(35)32-11-9-18(14-32)27(34)36-3/h4-8,10,12-13,16,18H,9,11,14-15H2,1-3H3/t18-/m1/s1. The van der Waals surface area contributed by atoms with Gasteiger partial charge in [0.2, 0.25) is 0 Å². The normalized spacial score (nSPS) is 15.4. The number of carbonyl (C=O) groups is 2. The van der Waals surface area contributed by atoms with E-state index in [-0.39, 0.29) is 30.4 Å². The highest BCUT2D eigenvalue weighted by atomic mass is 35.5. The molecule has 1 amide bonds. The van der Waals surface area contributed by atoms with Crippen molar-refractivity contribution < 1.29 is 23.6 Å². The number of halogens is 2. The number of carbonyl (C=O) groups excluding carboxylic acids is 2. The van der Waals surface area contributed by atoms with Gasteiger partial charge in [-0.1, -0.05) is 48.3 Å². The Labute approximate surface area is 230 Å². The molecule has 2 aromatic heterocycles. The molecule has 5 rings (SSSR count). The van der Waals surface area contributed by atoms with Crippen LogP contribution in [0.1, 0.15) is 37.5 Å². The Balaban J connectivity index is 1.37. The van der Waals surface area contributed by atoms with Gasteiger partial charge in [-0.25, -0.2) is 4.79 Å². The molecule has 10 heteroatoms. The highest BCUT2D eigenvalue weighted by molar-refractivity contribution is 6.39. The molecule has 0 saturated carbocycles. The third kappa shape index (κ3) is 4.86. The van der Waals surface area contributed by atoms with Gasteiger partial charge in [0, 0.05) is 36.2 Å². The Hall–Kier alpha value is -3.49. The molecule has 198 valence electrons. The van der Waals surface area contributed by atoms with E-state index in [2.05, 4.69) is 5.16 Å². The molecule has 0 aliphatic carbocycles. The molecule has 8 nitrogen and oxygen atoms in total. The molecule has 1 saturated heterocycles. The first-order valence-corrected chi connectivity index (χ1v) is 13.1. The van der Waals surface area contributed by atoms with E-state index in [0.717, 1.165) is 16.5 Å². The predicted molar refractivity (Wildman–Crippen MR) is 145 cm³/mol. The molecule has 0 spiro atoms.